The zero-order valence-electron chi connectivity index (χ0n) is 69.0. The van der Waals surface area contributed by atoms with Gasteiger partial charge in [-0.15, -0.1) is 22.7 Å². The Morgan fingerprint density at radius 3 is 1.07 bits per heavy atom. The van der Waals surface area contributed by atoms with Gasteiger partial charge in [-0.25, -0.2) is 0 Å². The summed E-state index contributed by atoms with van der Waals surface area (Å²) in [6.45, 7) is 22.4. The van der Waals surface area contributed by atoms with Gasteiger partial charge >= 0.3 is 0 Å². The van der Waals surface area contributed by atoms with Gasteiger partial charge in [-0.1, -0.05) is 329 Å². The van der Waals surface area contributed by atoms with Crippen LogP contribution in [0, 0.1) is 41.5 Å². The Balaban J connectivity index is 0.0000000927. The van der Waals surface area contributed by atoms with Crippen LogP contribution in [0.5, 0.6) is 0 Å². The van der Waals surface area contributed by atoms with Crippen molar-refractivity contribution in [2.75, 3.05) is 0 Å². The maximum atomic E-state index is 2.48. The Morgan fingerprint density at radius 1 is 0.185 bits per heavy atom. The molecule has 0 aliphatic heterocycles. The number of thiophene rings is 2. The highest BCUT2D eigenvalue weighted by molar-refractivity contribution is 7.26. The first-order chi connectivity index (χ1) is 58.0. The molecule has 4 aliphatic rings. The fourth-order valence-corrected chi connectivity index (χ4v) is 22.1. The molecule has 4 heteroatoms. The van der Waals surface area contributed by atoms with E-state index in [2.05, 4.69) is 454 Å². The molecule has 0 fully saturated rings. The highest BCUT2D eigenvalue weighted by atomic mass is 32.1. The fourth-order valence-electron chi connectivity index (χ4n) is 19.8. The zero-order chi connectivity index (χ0) is 81.0. The van der Waals surface area contributed by atoms with E-state index in [-0.39, 0.29) is 16.2 Å². The van der Waals surface area contributed by atoms with E-state index in [1.807, 2.05) is 22.7 Å². The Morgan fingerprint density at radius 2 is 0.504 bits per heavy atom. The van der Waals surface area contributed by atoms with Crippen molar-refractivity contribution < 1.29 is 0 Å². The van der Waals surface area contributed by atoms with Crippen LogP contribution < -0.4 is 0 Å². The number of benzene rings is 17. The van der Waals surface area contributed by atoms with E-state index >= 15 is 0 Å². The van der Waals surface area contributed by atoms with E-state index in [0.29, 0.717) is 0 Å². The average molecular weight is 1570 g/mol. The van der Waals surface area contributed by atoms with Crippen molar-refractivity contribution in [1.29, 1.82) is 0 Å². The summed E-state index contributed by atoms with van der Waals surface area (Å²) in [5, 5.41) is 10.8. The molecule has 2 nitrogen and oxygen atoms in total. The third kappa shape index (κ3) is 12.6. The van der Waals surface area contributed by atoms with Gasteiger partial charge in [0.05, 0.1) is 27.5 Å². The normalized spacial score (nSPS) is 13.3. The number of hydrogen-bond donors (Lipinski definition) is 0. The van der Waals surface area contributed by atoms with Crippen LogP contribution in [0.2, 0.25) is 0 Å². The number of aromatic nitrogens is 2. The molecule has 119 heavy (non-hydrogen) atoms. The maximum absolute atomic E-state index is 2.48. The molecule has 25 rings (SSSR count). The lowest BCUT2D eigenvalue weighted by Gasteiger charge is -2.30. The fraction of sp³-hybridized carbons (Fsp3) is 0.113. The minimum absolute atomic E-state index is 0.0629. The summed E-state index contributed by atoms with van der Waals surface area (Å²) in [6, 6.07) is 137. The second-order valence-corrected chi connectivity index (χ2v) is 36.0. The Hall–Kier alpha value is -13.2. The van der Waals surface area contributed by atoms with E-state index in [9.17, 15) is 0 Å². The van der Waals surface area contributed by atoms with Gasteiger partial charge in [0.15, 0.2) is 0 Å². The van der Waals surface area contributed by atoms with Gasteiger partial charge in [-0.3, -0.25) is 0 Å². The smallest absolute Gasteiger partial charge is 0.0725 e. The zero-order valence-corrected chi connectivity index (χ0v) is 70.6. The van der Waals surface area contributed by atoms with Gasteiger partial charge in [0.25, 0.3) is 0 Å². The van der Waals surface area contributed by atoms with Gasteiger partial charge in [-0.05, 0) is 239 Å². The quantitative estimate of drug-likeness (QED) is 0.163. The van der Waals surface area contributed by atoms with Crippen LogP contribution in [0.25, 0.3) is 140 Å². The number of aryl methyl sites for hydroxylation is 6. The maximum Gasteiger partial charge on any atom is 0.0725 e. The topological polar surface area (TPSA) is 9.86 Å². The third-order valence-corrected chi connectivity index (χ3v) is 27.7. The molecule has 17 aromatic carbocycles. The minimum Gasteiger partial charge on any atom is -0.309 e. The van der Waals surface area contributed by atoms with Crippen molar-refractivity contribution in [3.8, 4) is 55.9 Å². The lowest BCUT2D eigenvalue weighted by Crippen LogP contribution is -2.25. The first kappa shape index (κ1) is 74.6. The predicted molar refractivity (Wildman–Crippen MR) is 513 cm³/mol. The summed E-state index contributed by atoms with van der Waals surface area (Å²) < 4.78 is 10.2. The average Bonchev–Trinajstić information content (AvgIpc) is 1.51. The molecular formula is C115H92N2S2. The molecule has 0 atom stereocenters. The number of nitrogens with zero attached hydrogens (tertiary/aromatic N) is 2. The van der Waals surface area contributed by atoms with E-state index in [4.69, 9.17) is 0 Å². The summed E-state index contributed by atoms with van der Waals surface area (Å²) in [5.41, 5.74) is 38.1. The molecule has 1 spiro atoms. The van der Waals surface area contributed by atoms with Crippen LogP contribution in [0.15, 0.2) is 376 Å². The van der Waals surface area contributed by atoms with Crippen LogP contribution >= 0.6 is 22.7 Å². The van der Waals surface area contributed by atoms with E-state index < -0.39 is 0 Å². The second kappa shape index (κ2) is 29.7. The van der Waals surface area contributed by atoms with E-state index in [1.54, 1.807) is 0 Å². The monoisotopic (exact) mass is 1560 g/mol. The summed E-state index contributed by atoms with van der Waals surface area (Å²) in [4.78, 5) is 0. The summed E-state index contributed by atoms with van der Waals surface area (Å²) >= 11 is 3.75. The molecule has 0 radical (unpaired) electrons. The van der Waals surface area contributed by atoms with Crippen molar-refractivity contribution in [3.05, 3.63) is 454 Å². The van der Waals surface area contributed by atoms with E-state index in [1.165, 1.54) is 218 Å². The molecule has 0 saturated heterocycles. The Kier molecular flexibility index (Phi) is 18.6. The van der Waals surface area contributed by atoms with Crippen molar-refractivity contribution in [3.63, 3.8) is 0 Å². The Bertz CT molecular complexity index is 7480. The third-order valence-electron chi connectivity index (χ3n) is 25.4. The molecule has 4 aromatic heterocycles. The molecule has 0 saturated carbocycles. The lowest BCUT2D eigenvalue weighted by atomic mass is 9.70. The van der Waals surface area contributed by atoms with Gasteiger partial charge in [-0.2, -0.15) is 0 Å². The van der Waals surface area contributed by atoms with Crippen molar-refractivity contribution in [2.45, 2.75) is 85.5 Å². The van der Waals surface area contributed by atoms with Crippen molar-refractivity contribution in [1.82, 2.24) is 9.13 Å². The molecule has 0 amide bonds. The van der Waals surface area contributed by atoms with Crippen LogP contribution in [0.3, 0.4) is 0 Å². The van der Waals surface area contributed by atoms with Gasteiger partial charge < -0.3 is 9.13 Å². The van der Waals surface area contributed by atoms with E-state index in [0.717, 1.165) is 0 Å². The van der Waals surface area contributed by atoms with Gasteiger partial charge in [0, 0.05) is 84.1 Å². The second-order valence-electron chi connectivity index (χ2n) is 33.8. The molecule has 21 aromatic rings. The molecule has 4 heterocycles. The molecule has 0 bridgehead atoms. The standard InChI is InChI=1S/C26H18.C25H24.2C19H15N.2C13H10S/c1-17-14-15-21-20-10-4-7-13-24(20)26(25(21)16-17)22-11-5-2-8-18(22)19-9-3-6-12-23(19)26;1-15-10-11-17-19-14-22-18(13-23(19)25(4,5)21(17)12-15)16-8-6-7-9-20(16)24(22,2)3;1-14-11-12-19-17(13-14)16-9-5-6-10-18(16)20(19)15-7-3-2-4-8-15;1-14-11-12-17-16-9-5-6-10-18(16)20(19(17)13-14)15-7-3-2-4-8-15;1-9-6-7-13-11(8-9)10-4-2-3-5-12(10)14-13;1-9-6-7-11-10-4-2-3-5-12(10)14-13(11)8-9/h2-16H,1H3;6-14H,1-5H3;2*2-13H,1H3;2*2-8H,1H3. The van der Waals surface area contributed by atoms with Crippen LogP contribution in [0.1, 0.15) is 106 Å². The largest absolute Gasteiger partial charge is 0.309 e. The summed E-state index contributed by atoms with van der Waals surface area (Å²) in [5.74, 6) is 0. The molecule has 574 valence electrons. The highest BCUT2D eigenvalue weighted by Gasteiger charge is 2.51. The number of fused-ring (bicyclic) bond motifs is 28. The number of hydrogen-bond acceptors (Lipinski definition) is 2. The van der Waals surface area contributed by atoms with Crippen molar-refractivity contribution in [2.24, 2.45) is 0 Å². The first-order valence-electron chi connectivity index (χ1n) is 41.7. The SMILES string of the molecule is Cc1ccc2c(c1)C(C)(C)c1cc3c(cc1-2)C(C)(C)c1ccccc1-3.Cc1ccc2c(c1)C1(c3ccccc3-c3ccccc31)c1ccccc1-2.Cc1ccc2c(c1)c1ccccc1n2-c1ccccc1.Cc1ccc2c(c1)sc1ccccc12.Cc1ccc2c3ccccc3n(-c3ccccc3)c2c1.Cc1ccc2sc3ccccc3c2c1. The summed E-state index contributed by atoms with van der Waals surface area (Å²) in [7, 11) is 0. The van der Waals surface area contributed by atoms with Crippen LogP contribution in [-0.2, 0) is 16.2 Å². The first-order valence-corrected chi connectivity index (χ1v) is 43.3. The molecule has 0 N–H and O–H groups in total. The Labute approximate surface area is 705 Å². The van der Waals surface area contributed by atoms with Crippen LogP contribution in [-0.4, -0.2) is 9.13 Å². The van der Waals surface area contributed by atoms with Crippen molar-refractivity contribution >= 4 is 107 Å². The molecule has 4 aliphatic carbocycles. The summed E-state index contributed by atoms with van der Waals surface area (Å²) in [6.07, 6.45) is 0. The van der Waals surface area contributed by atoms with Gasteiger partial charge in [0.2, 0.25) is 0 Å². The minimum atomic E-state index is -0.189. The molecule has 0 unspecified atom stereocenters. The van der Waals surface area contributed by atoms with Crippen LogP contribution in [0.4, 0.5) is 0 Å². The van der Waals surface area contributed by atoms with Gasteiger partial charge in [0.1, 0.15) is 0 Å². The highest BCUT2D eigenvalue weighted by Crippen LogP contribution is 2.63. The lowest BCUT2D eigenvalue weighted by molar-refractivity contribution is 0.651. The molecular weight excluding hydrogens is 1470 g/mol. The number of rotatable bonds is 2. The predicted octanol–water partition coefficient (Wildman–Crippen LogP) is 31.9. The number of para-hydroxylation sites is 4.